The van der Waals surface area contributed by atoms with Gasteiger partial charge >= 0.3 is 12.1 Å². The molecule has 0 bridgehead atoms. The molecule has 2 N–H and O–H groups in total. The van der Waals surface area contributed by atoms with E-state index in [1.165, 1.54) is 17.0 Å². The fourth-order valence-corrected chi connectivity index (χ4v) is 3.62. The molecule has 1 saturated heterocycles. The summed E-state index contributed by atoms with van der Waals surface area (Å²) in [5.74, 6) is -3.26. The van der Waals surface area contributed by atoms with Crippen molar-refractivity contribution >= 4 is 11.7 Å². The van der Waals surface area contributed by atoms with E-state index in [2.05, 4.69) is 10.3 Å². The average Bonchev–Trinajstić information content (AvgIpc) is 3.70. The van der Waals surface area contributed by atoms with Gasteiger partial charge in [0, 0.05) is 6.54 Å². The average molecular weight is 499 g/mol. The molecule has 11 heteroatoms. The van der Waals surface area contributed by atoms with Crippen molar-refractivity contribution in [3.05, 3.63) is 53.7 Å². The van der Waals surface area contributed by atoms with E-state index in [0.717, 1.165) is 18.4 Å². The highest BCUT2D eigenvalue weighted by Crippen LogP contribution is 2.49. The molecule has 2 aromatic rings. The number of carbonyl (C=O) groups is 1. The van der Waals surface area contributed by atoms with Gasteiger partial charge in [0.1, 0.15) is 11.2 Å². The van der Waals surface area contributed by atoms with Crippen LogP contribution in [0, 0.1) is 5.92 Å². The number of nitrogens with one attached hydrogen (secondary N) is 1. The molecule has 6 nitrogen and oxygen atoms in total. The fourth-order valence-electron chi connectivity index (χ4n) is 3.62. The maximum atomic E-state index is 12.9. The fraction of sp³-hybridized carbons (Fsp3) is 0.500. The van der Waals surface area contributed by atoms with E-state index >= 15 is 0 Å². The summed E-state index contributed by atoms with van der Waals surface area (Å²) in [6, 6.07) is 11.9. The van der Waals surface area contributed by atoms with E-state index in [9.17, 15) is 26.7 Å². The van der Waals surface area contributed by atoms with Crippen LogP contribution in [0.4, 0.5) is 27.6 Å². The lowest BCUT2D eigenvalue weighted by atomic mass is 10.1. The summed E-state index contributed by atoms with van der Waals surface area (Å²) in [6.07, 6.45) is -1.57. The number of benzene rings is 1. The van der Waals surface area contributed by atoms with E-state index in [1.54, 1.807) is 0 Å². The predicted molar refractivity (Wildman–Crippen MR) is 118 cm³/mol. The Kier molecular flexibility index (Phi) is 6.90. The number of aromatic nitrogens is 1. The lowest BCUT2D eigenvalue weighted by Gasteiger charge is -2.40. The molecule has 0 atom stereocenters. The van der Waals surface area contributed by atoms with Crippen LogP contribution in [0.15, 0.2) is 42.5 Å². The van der Waals surface area contributed by atoms with Crippen molar-refractivity contribution in [2.75, 3.05) is 24.6 Å². The van der Waals surface area contributed by atoms with Crippen LogP contribution in [0.25, 0.3) is 0 Å². The number of rotatable bonds is 8. The van der Waals surface area contributed by atoms with Gasteiger partial charge in [-0.2, -0.15) is 13.2 Å². The van der Waals surface area contributed by atoms with Crippen LogP contribution >= 0.6 is 0 Å². The topological polar surface area (TPSA) is 74.7 Å². The van der Waals surface area contributed by atoms with Crippen LogP contribution < -0.4 is 15.0 Å². The summed E-state index contributed by atoms with van der Waals surface area (Å²) in [5.41, 5.74) is -0.440. The number of alkyl halides is 5. The number of ether oxygens (including phenoxy) is 1. The van der Waals surface area contributed by atoms with Gasteiger partial charge in [-0.3, -0.25) is 5.32 Å². The normalized spacial score (nSPS) is 19.7. The summed E-state index contributed by atoms with van der Waals surface area (Å²) in [5, 5.41) is 11.5. The number of halogens is 5. The number of aromatic carboxylic acids is 1. The molecule has 3 aliphatic rings. The largest absolute Gasteiger partial charge is 0.477 e. The van der Waals surface area contributed by atoms with Crippen LogP contribution in [0.2, 0.25) is 0 Å². The molecular formula is C24H26F5N3O3. The Bertz CT molecular complexity index is 1030. The SMILES string of the molecule is FC(F)(F)C1(NCc2ccccc2)CC1.O=C(O)c1ccc(N2CC(F)(F)C2)c(OCC2CC2)n1. The van der Waals surface area contributed by atoms with Gasteiger partial charge in [-0.1, -0.05) is 30.3 Å². The molecule has 2 saturated carbocycles. The Morgan fingerprint density at radius 1 is 1.11 bits per heavy atom. The van der Waals surface area contributed by atoms with Gasteiger partial charge in [-0.25, -0.2) is 18.6 Å². The molecule has 2 aliphatic carbocycles. The predicted octanol–water partition coefficient (Wildman–Crippen LogP) is 4.90. The zero-order chi connectivity index (χ0) is 25.3. The molecule has 1 aliphatic heterocycles. The van der Waals surface area contributed by atoms with E-state index in [4.69, 9.17) is 9.84 Å². The van der Waals surface area contributed by atoms with Crippen molar-refractivity contribution < 1.29 is 36.6 Å². The van der Waals surface area contributed by atoms with Crippen LogP contribution in [-0.2, 0) is 6.54 Å². The molecular weight excluding hydrogens is 473 g/mol. The van der Waals surface area contributed by atoms with Crippen molar-refractivity contribution in [2.24, 2.45) is 5.92 Å². The Morgan fingerprint density at radius 3 is 2.29 bits per heavy atom. The van der Waals surface area contributed by atoms with Crippen molar-refractivity contribution in [2.45, 2.75) is 49.9 Å². The van der Waals surface area contributed by atoms with Crippen molar-refractivity contribution in [3.8, 4) is 5.88 Å². The first-order valence-electron chi connectivity index (χ1n) is 11.3. The Labute approximate surface area is 199 Å². The molecule has 0 radical (unpaired) electrons. The second-order valence-corrected chi connectivity index (χ2v) is 9.21. The van der Waals surface area contributed by atoms with Gasteiger partial charge in [-0.05, 0) is 49.3 Å². The number of carboxylic acids is 1. The molecule has 1 aromatic heterocycles. The molecule has 3 fully saturated rings. The summed E-state index contributed by atoms with van der Waals surface area (Å²) in [4.78, 5) is 16.3. The first kappa shape index (κ1) is 25.2. The molecule has 0 unspecified atom stereocenters. The van der Waals surface area contributed by atoms with Gasteiger partial charge in [0.2, 0.25) is 5.88 Å². The maximum absolute atomic E-state index is 12.9. The lowest BCUT2D eigenvalue weighted by molar-refractivity contribution is -0.166. The van der Waals surface area contributed by atoms with Gasteiger partial charge in [0.15, 0.2) is 5.69 Å². The Balaban J connectivity index is 0.000000172. The number of anilines is 1. The van der Waals surface area contributed by atoms with Gasteiger partial charge in [-0.15, -0.1) is 0 Å². The molecule has 2 heterocycles. The Morgan fingerprint density at radius 2 is 1.77 bits per heavy atom. The summed E-state index contributed by atoms with van der Waals surface area (Å²) in [6.45, 7) is -0.0462. The minimum atomic E-state index is -4.12. The van der Waals surface area contributed by atoms with Crippen molar-refractivity contribution in [3.63, 3.8) is 0 Å². The monoisotopic (exact) mass is 499 g/mol. The highest BCUT2D eigenvalue weighted by Gasteiger charge is 2.62. The number of hydrogen-bond donors (Lipinski definition) is 2. The maximum Gasteiger partial charge on any atom is 0.406 e. The quantitative estimate of drug-likeness (QED) is 0.504. The second-order valence-electron chi connectivity index (χ2n) is 9.21. The zero-order valence-electron chi connectivity index (χ0n) is 18.8. The summed E-state index contributed by atoms with van der Waals surface area (Å²) < 4.78 is 69.0. The molecule has 35 heavy (non-hydrogen) atoms. The number of hydrogen-bond acceptors (Lipinski definition) is 5. The Hall–Kier alpha value is -2.95. The molecule has 0 amide bonds. The lowest BCUT2D eigenvalue weighted by Crippen LogP contribution is -2.56. The molecule has 0 spiro atoms. The first-order valence-corrected chi connectivity index (χ1v) is 11.3. The number of nitrogens with zero attached hydrogens (tertiary/aromatic N) is 2. The van der Waals surface area contributed by atoms with Crippen molar-refractivity contribution in [1.29, 1.82) is 0 Å². The standard InChI is InChI=1S/C13H14F2N2O3.C11H12F3N/c14-13(15)6-17(7-13)10-4-3-9(12(18)19)16-11(10)20-5-8-1-2-8;12-11(13,14)10(6-7-10)15-8-9-4-2-1-3-5-9/h3-4,8H,1-2,5-7H2,(H,18,19);1-5,15H,6-8H2. The third-order valence-corrected chi connectivity index (χ3v) is 6.16. The highest BCUT2D eigenvalue weighted by molar-refractivity contribution is 5.86. The summed E-state index contributed by atoms with van der Waals surface area (Å²) >= 11 is 0. The molecule has 5 rings (SSSR count). The number of carboxylic acid groups (broad SMARTS) is 1. The van der Waals surface area contributed by atoms with E-state index in [0.29, 0.717) is 18.2 Å². The third kappa shape index (κ3) is 6.39. The zero-order valence-corrected chi connectivity index (χ0v) is 18.8. The van der Waals surface area contributed by atoms with Gasteiger partial charge < -0.3 is 14.7 Å². The number of pyridine rings is 1. The van der Waals surface area contributed by atoms with Gasteiger partial charge in [0.25, 0.3) is 5.92 Å². The van der Waals surface area contributed by atoms with E-state index < -0.39 is 23.6 Å². The van der Waals surface area contributed by atoms with Crippen LogP contribution in [0.1, 0.15) is 41.7 Å². The summed E-state index contributed by atoms with van der Waals surface area (Å²) in [7, 11) is 0. The van der Waals surface area contributed by atoms with Crippen LogP contribution in [0.5, 0.6) is 5.88 Å². The second kappa shape index (κ2) is 9.60. The van der Waals surface area contributed by atoms with Gasteiger partial charge in [0.05, 0.1) is 19.7 Å². The minimum Gasteiger partial charge on any atom is -0.477 e. The van der Waals surface area contributed by atoms with Crippen LogP contribution in [-0.4, -0.2) is 53.4 Å². The molecule has 190 valence electrons. The highest BCUT2D eigenvalue weighted by atomic mass is 19.4. The van der Waals surface area contributed by atoms with Crippen LogP contribution in [0.3, 0.4) is 0 Å². The smallest absolute Gasteiger partial charge is 0.406 e. The van der Waals surface area contributed by atoms with Crippen molar-refractivity contribution in [1.82, 2.24) is 10.3 Å². The first-order chi connectivity index (χ1) is 16.5. The third-order valence-electron chi connectivity index (χ3n) is 6.16. The van der Waals surface area contributed by atoms with E-state index in [-0.39, 0.29) is 44.0 Å². The van der Waals surface area contributed by atoms with E-state index in [1.807, 2.05) is 30.3 Å². The minimum absolute atomic E-state index is 0.132. The molecule has 1 aromatic carbocycles.